The fourth-order valence-electron chi connectivity index (χ4n) is 2.93. The molecule has 1 fully saturated rings. The maximum absolute atomic E-state index is 9.36. The Kier molecular flexibility index (Phi) is 5.94. The fourth-order valence-corrected chi connectivity index (χ4v) is 2.93. The van der Waals surface area contributed by atoms with Gasteiger partial charge in [-0.2, -0.15) is 5.26 Å². The lowest BCUT2D eigenvalue weighted by atomic mass is 9.99. The average molecular weight is 237 g/mol. The van der Waals surface area contributed by atoms with Gasteiger partial charge >= 0.3 is 0 Å². The molecule has 0 saturated heterocycles. The number of rotatable bonds is 7. The highest BCUT2D eigenvalue weighted by Crippen LogP contribution is 2.32. The summed E-state index contributed by atoms with van der Waals surface area (Å²) in [5.74, 6) is 0. The molecule has 3 nitrogen and oxygen atoms in total. The third kappa shape index (κ3) is 3.69. The number of hydrogen-bond donors (Lipinski definition) is 1. The largest absolute Gasteiger partial charge is 0.301 e. The molecule has 17 heavy (non-hydrogen) atoms. The highest BCUT2D eigenvalue weighted by Gasteiger charge is 2.40. The van der Waals surface area contributed by atoms with Gasteiger partial charge in [0.2, 0.25) is 0 Å². The van der Waals surface area contributed by atoms with Crippen LogP contribution in [0.15, 0.2) is 0 Å². The smallest absolute Gasteiger partial charge is 0.108 e. The summed E-state index contributed by atoms with van der Waals surface area (Å²) in [7, 11) is 0. The molecule has 0 aromatic heterocycles. The van der Waals surface area contributed by atoms with E-state index < -0.39 is 0 Å². The van der Waals surface area contributed by atoms with Crippen molar-refractivity contribution in [2.45, 2.75) is 64.5 Å². The highest BCUT2D eigenvalue weighted by atomic mass is 15.2. The molecule has 1 aliphatic carbocycles. The van der Waals surface area contributed by atoms with Crippen molar-refractivity contribution < 1.29 is 0 Å². The standard InChI is InChI=1S/C14H27N3/c1-4-7-10-17(6-3)13-8-9-14(11-13,12-15)16-5-2/h13,16H,4-11H2,1-3H3. The van der Waals surface area contributed by atoms with Gasteiger partial charge in [-0.05, 0) is 45.3 Å². The van der Waals surface area contributed by atoms with Gasteiger partial charge in [-0.15, -0.1) is 0 Å². The number of nitriles is 1. The van der Waals surface area contributed by atoms with Crippen LogP contribution in [0.3, 0.4) is 0 Å². The normalized spacial score (nSPS) is 28.5. The Morgan fingerprint density at radius 2 is 2.18 bits per heavy atom. The third-order valence-corrected chi connectivity index (χ3v) is 3.94. The zero-order valence-electron chi connectivity index (χ0n) is 11.6. The molecule has 0 radical (unpaired) electrons. The van der Waals surface area contributed by atoms with Gasteiger partial charge in [-0.3, -0.25) is 5.32 Å². The maximum atomic E-state index is 9.36. The van der Waals surface area contributed by atoms with Crippen molar-refractivity contribution in [2.24, 2.45) is 0 Å². The molecule has 0 amide bonds. The summed E-state index contributed by atoms with van der Waals surface area (Å²) >= 11 is 0. The van der Waals surface area contributed by atoms with E-state index in [1.54, 1.807) is 0 Å². The lowest BCUT2D eigenvalue weighted by molar-refractivity contribution is 0.199. The van der Waals surface area contributed by atoms with Gasteiger partial charge in [0.05, 0.1) is 6.07 Å². The molecule has 1 aliphatic rings. The molecule has 0 spiro atoms. The first kappa shape index (κ1) is 14.5. The summed E-state index contributed by atoms with van der Waals surface area (Å²) in [6.45, 7) is 9.74. The maximum Gasteiger partial charge on any atom is 0.108 e. The van der Waals surface area contributed by atoms with Crippen LogP contribution in [0.1, 0.15) is 52.9 Å². The second-order valence-corrected chi connectivity index (χ2v) is 5.10. The number of hydrogen-bond acceptors (Lipinski definition) is 3. The first-order valence-corrected chi connectivity index (χ1v) is 7.11. The first-order chi connectivity index (χ1) is 8.21. The quantitative estimate of drug-likeness (QED) is 0.739. The second-order valence-electron chi connectivity index (χ2n) is 5.10. The second kappa shape index (κ2) is 6.98. The molecule has 1 rings (SSSR count). The number of nitrogens with zero attached hydrogens (tertiary/aromatic N) is 2. The number of unbranched alkanes of at least 4 members (excludes halogenated alkanes) is 1. The van der Waals surface area contributed by atoms with Crippen molar-refractivity contribution in [3.05, 3.63) is 0 Å². The summed E-state index contributed by atoms with van der Waals surface area (Å²) in [4.78, 5) is 2.56. The summed E-state index contributed by atoms with van der Waals surface area (Å²) in [6, 6.07) is 3.11. The summed E-state index contributed by atoms with van der Waals surface area (Å²) < 4.78 is 0. The number of nitrogens with one attached hydrogen (secondary N) is 1. The van der Waals surface area contributed by atoms with Gasteiger partial charge in [0.25, 0.3) is 0 Å². The average Bonchev–Trinajstić information content (AvgIpc) is 2.76. The van der Waals surface area contributed by atoms with Crippen molar-refractivity contribution in [2.75, 3.05) is 19.6 Å². The van der Waals surface area contributed by atoms with E-state index in [1.807, 2.05) is 0 Å². The lowest BCUT2D eigenvalue weighted by Crippen LogP contribution is -2.44. The molecule has 0 aromatic carbocycles. The molecule has 98 valence electrons. The molecule has 3 heteroatoms. The van der Waals surface area contributed by atoms with Gasteiger partial charge in [0.1, 0.15) is 5.54 Å². The molecule has 1 saturated carbocycles. The van der Waals surface area contributed by atoms with Crippen molar-refractivity contribution in [3.63, 3.8) is 0 Å². The van der Waals surface area contributed by atoms with Crippen LogP contribution in [0.25, 0.3) is 0 Å². The van der Waals surface area contributed by atoms with Gasteiger partial charge in [0, 0.05) is 6.04 Å². The Labute approximate surface area is 106 Å². The van der Waals surface area contributed by atoms with E-state index in [-0.39, 0.29) is 5.54 Å². The van der Waals surface area contributed by atoms with Crippen LogP contribution in [0, 0.1) is 11.3 Å². The Morgan fingerprint density at radius 3 is 2.71 bits per heavy atom. The summed E-state index contributed by atoms with van der Waals surface area (Å²) in [5, 5.41) is 12.7. The van der Waals surface area contributed by atoms with Gasteiger partial charge in [-0.1, -0.05) is 27.2 Å². The summed E-state index contributed by atoms with van der Waals surface area (Å²) in [5.41, 5.74) is -0.251. The third-order valence-electron chi connectivity index (χ3n) is 3.94. The van der Waals surface area contributed by atoms with Crippen molar-refractivity contribution in [1.82, 2.24) is 10.2 Å². The van der Waals surface area contributed by atoms with Crippen LogP contribution in [0.5, 0.6) is 0 Å². The zero-order valence-corrected chi connectivity index (χ0v) is 11.6. The molecule has 0 aliphatic heterocycles. The lowest BCUT2D eigenvalue weighted by Gasteiger charge is -2.29. The van der Waals surface area contributed by atoms with Crippen molar-refractivity contribution in [3.8, 4) is 6.07 Å². The Balaban J connectivity index is 2.55. The van der Waals surface area contributed by atoms with Gasteiger partial charge in [-0.25, -0.2) is 0 Å². The molecule has 1 N–H and O–H groups in total. The minimum absolute atomic E-state index is 0.251. The van der Waals surface area contributed by atoms with Crippen molar-refractivity contribution >= 4 is 0 Å². The van der Waals surface area contributed by atoms with E-state index in [4.69, 9.17) is 0 Å². The molecule has 0 bridgehead atoms. The van der Waals surface area contributed by atoms with Crippen LogP contribution >= 0.6 is 0 Å². The molecule has 0 heterocycles. The Bertz CT molecular complexity index is 259. The highest BCUT2D eigenvalue weighted by molar-refractivity contribution is 5.13. The van der Waals surface area contributed by atoms with Crippen LogP contribution in [0.2, 0.25) is 0 Å². The van der Waals surface area contributed by atoms with E-state index in [1.165, 1.54) is 19.4 Å². The first-order valence-electron chi connectivity index (χ1n) is 7.11. The zero-order chi connectivity index (χ0) is 12.7. The van der Waals surface area contributed by atoms with E-state index in [0.717, 1.165) is 32.4 Å². The van der Waals surface area contributed by atoms with Crippen LogP contribution < -0.4 is 5.32 Å². The predicted molar refractivity (Wildman–Crippen MR) is 71.8 cm³/mol. The Hall–Kier alpha value is -0.590. The van der Waals surface area contributed by atoms with E-state index in [0.29, 0.717) is 6.04 Å². The molecule has 2 atom stereocenters. The van der Waals surface area contributed by atoms with Gasteiger partial charge < -0.3 is 4.90 Å². The van der Waals surface area contributed by atoms with Crippen LogP contribution in [0.4, 0.5) is 0 Å². The SMILES string of the molecule is CCCCN(CC)C1CCC(C#N)(NCC)C1. The molecular weight excluding hydrogens is 210 g/mol. The minimum atomic E-state index is -0.251. The molecule has 2 unspecified atom stereocenters. The minimum Gasteiger partial charge on any atom is -0.301 e. The van der Waals surface area contributed by atoms with Gasteiger partial charge in [0.15, 0.2) is 0 Å². The fraction of sp³-hybridized carbons (Fsp3) is 0.929. The molecular formula is C14H27N3. The predicted octanol–water partition coefficient (Wildman–Crippen LogP) is 2.53. The summed E-state index contributed by atoms with van der Waals surface area (Å²) in [6.07, 6.45) is 5.68. The van der Waals surface area contributed by atoms with Crippen LogP contribution in [-0.2, 0) is 0 Å². The van der Waals surface area contributed by atoms with Crippen LogP contribution in [-0.4, -0.2) is 36.1 Å². The Morgan fingerprint density at radius 1 is 1.41 bits per heavy atom. The van der Waals surface area contributed by atoms with E-state index in [9.17, 15) is 5.26 Å². The molecule has 0 aromatic rings. The van der Waals surface area contributed by atoms with E-state index in [2.05, 4.69) is 37.1 Å². The van der Waals surface area contributed by atoms with E-state index >= 15 is 0 Å². The van der Waals surface area contributed by atoms with Crippen molar-refractivity contribution in [1.29, 1.82) is 5.26 Å². The topological polar surface area (TPSA) is 39.1 Å². The monoisotopic (exact) mass is 237 g/mol.